The summed E-state index contributed by atoms with van der Waals surface area (Å²) in [5.74, 6) is -1.22. The van der Waals surface area contributed by atoms with Crippen LogP contribution in [0, 0.1) is 0 Å². The number of carbonyl (C=O) groups is 2. The van der Waals surface area contributed by atoms with Crippen LogP contribution < -0.4 is 20.1 Å². The lowest BCUT2D eigenvalue weighted by molar-refractivity contribution is -0.133. The molecule has 2 aromatic rings. The van der Waals surface area contributed by atoms with Gasteiger partial charge >= 0.3 is 11.9 Å². The molecule has 0 spiro atoms. The summed E-state index contributed by atoms with van der Waals surface area (Å²) in [5, 5.41) is 15.7. The maximum absolute atomic E-state index is 12.3. The van der Waals surface area contributed by atoms with Crippen molar-refractivity contribution in [2.75, 3.05) is 7.11 Å². The van der Waals surface area contributed by atoms with Crippen LogP contribution in [0.4, 0.5) is 0 Å². The number of carbonyl (C=O) groups excluding carboxylic acids is 1. The van der Waals surface area contributed by atoms with Gasteiger partial charge in [-0.2, -0.15) is 0 Å². The zero-order chi connectivity index (χ0) is 22.5. The van der Waals surface area contributed by atoms with E-state index >= 15 is 0 Å². The minimum atomic E-state index is -1.08. The van der Waals surface area contributed by atoms with E-state index in [9.17, 15) is 14.7 Å². The highest BCUT2D eigenvalue weighted by molar-refractivity contribution is 9.10. The van der Waals surface area contributed by atoms with Crippen molar-refractivity contribution < 1.29 is 24.2 Å². The minimum absolute atomic E-state index is 0.123. The van der Waals surface area contributed by atoms with Crippen molar-refractivity contribution in [1.29, 1.82) is 0 Å². The van der Waals surface area contributed by atoms with Crippen LogP contribution in [0.1, 0.15) is 24.1 Å². The van der Waals surface area contributed by atoms with Crippen LogP contribution in [0.3, 0.4) is 0 Å². The molecule has 0 fully saturated rings. The van der Waals surface area contributed by atoms with Gasteiger partial charge < -0.3 is 25.2 Å². The standard InChI is InChI=1S/C22H19BrN2O5S/c1-12-18(21(27)28)19(25-22(31)24-12)14-10-15(23)20(16(11-14)29-2)30-17(26)9-8-13-6-4-3-5-7-13/h3-11,19H,1-2H3,(H,27,28)(H2,24,25,31)/b9-8+. The lowest BCUT2D eigenvalue weighted by Crippen LogP contribution is -2.44. The monoisotopic (exact) mass is 502 g/mol. The first-order valence-corrected chi connectivity index (χ1v) is 10.3. The van der Waals surface area contributed by atoms with E-state index in [0.717, 1.165) is 5.56 Å². The molecule has 1 unspecified atom stereocenters. The summed E-state index contributed by atoms with van der Waals surface area (Å²) in [5.41, 5.74) is 2.00. The Balaban J connectivity index is 1.90. The lowest BCUT2D eigenvalue weighted by atomic mass is 9.95. The second kappa shape index (κ2) is 9.76. The number of halogens is 1. The number of allylic oxidation sites excluding steroid dienone is 1. The molecule has 0 aromatic heterocycles. The number of hydrogen-bond donors (Lipinski definition) is 3. The number of benzene rings is 2. The maximum atomic E-state index is 12.3. The first-order valence-electron chi connectivity index (χ1n) is 9.14. The molecule has 3 N–H and O–H groups in total. The maximum Gasteiger partial charge on any atom is 0.336 e. The Labute approximate surface area is 192 Å². The highest BCUT2D eigenvalue weighted by Crippen LogP contribution is 2.40. The molecule has 2 aromatic carbocycles. The normalized spacial score (nSPS) is 16.0. The van der Waals surface area contributed by atoms with Gasteiger partial charge in [0.25, 0.3) is 0 Å². The second-order valence-corrected chi connectivity index (χ2v) is 7.84. The second-order valence-electron chi connectivity index (χ2n) is 6.57. The van der Waals surface area contributed by atoms with E-state index < -0.39 is 18.0 Å². The zero-order valence-corrected chi connectivity index (χ0v) is 19.0. The Morgan fingerprint density at radius 1 is 1.23 bits per heavy atom. The molecule has 1 atom stereocenters. The fraction of sp³-hybridized carbons (Fsp3) is 0.136. The van der Waals surface area contributed by atoms with E-state index in [1.54, 1.807) is 25.1 Å². The van der Waals surface area contributed by atoms with Gasteiger partial charge in [0.1, 0.15) is 0 Å². The molecule has 0 aliphatic carbocycles. The topological polar surface area (TPSA) is 96.9 Å². The van der Waals surface area contributed by atoms with E-state index in [4.69, 9.17) is 21.7 Å². The Hall–Kier alpha value is -3.17. The molecule has 9 heteroatoms. The van der Waals surface area contributed by atoms with E-state index in [1.165, 1.54) is 13.2 Å². The molecular formula is C22H19BrN2O5S. The lowest BCUT2D eigenvalue weighted by Gasteiger charge is -2.29. The molecule has 3 rings (SSSR count). The number of nitrogens with one attached hydrogen (secondary N) is 2. The minimum Gasteiger partial charge on any atom is -0.493 e. The Morgan fingerprint density at radius 3 is 2.58 bits per heavy atom. The molecule has 1 heterocycles. The fourth-order valence-corrected chi connectivity index (χ4v) is 3.91. The largest absolute Gasteiger partial charge is 0.493 e. The van der Waals surface area contributed by atoms with Gasteiger partial charge in [-0.1, -0.05) is 30.3 Å². The van der Waals surface area contributed by atoms with Gasteiger partial charge in [0.2, 0.25) is 0 Å². The molecule has 31 heavy (non-hydrogen) atoms. The van der Waals surface area contributed by atoms with Crippen molar-refractivity contribution >= 4 is 51.3 Å². The van der Waals surface area contributed by atoms with Crippen LogP contribution in [-0.2, 0) is 9.59 Å². The van der Waals surface area contributed by atoms with Crippen LogP contribution in [-0.4, -0.2) is 29.3 Å². The molecule has 1 aliphatic rings. The van der Waals surface area contributed by atoms with Crippen LogP contribution in [0.2, 0.25) is 0 Å². The van der Waals surface area contributed by atoms with Crippen molar-refractivity contribution in [3.05, 3.63) is 75.4 Å². The first kappa shape index (κ1) is 22.5. The molecule has 0 saturated carbocycles. The third kappa shape index (κ3) is 5.31. The summed E-state index contributed by atoms with van der Waals surface area (Å²) >= 11 is 8.57. The smallest absolute Gasteiger partial charge is 0.336 e. The Kier molecular flexibility index (Phi) is 7.09. The quantitative estimate of drug-likeness (QED) is 0.236. The average Bonchev–Trinajstić information content (AvgIpc) is 2.73. The number of hydrogen-bond acceptors (Lipinski definition) is 5. The third-order valence-corrected chi connectivity index (χ3v) is 5.31. The van der Waals surface area contributed by atoms with Gasteiger partial charge in [-0.05, 0) is 64.4 Å². The summed E-state index contributed by atoms with van der Waals surface area (Å²) in [6.07, 6.45) is 2.96. The molecule has 1 aliphatic heterocycles. The van der Waals surface area contributed by atoms with E-state index in [2.05, 4.69) is 26.6 Å². The molecular weight excluding hydrogens is 484 g/mol. The van der Waals surface area contributed by atoms with E-state index in [0.29, 0.717) is 20.8 Å². The summed E-state index contributed by atoms with van der Waals surface area (Å²) < 4.78 is 11.3. The van der Waals surface area contributed by atoms with Gasteiger partial charge in [-0.3, -0.25) is 0 Å². The first-order chi connectivity index (χ1) is 14.8. The highest BCUT2D eigenvalue weighted by atomic mass is 79.9. The van der Waals surface area contributed by atoms with Gasteiger partial charge in [-0.25, -0.2) is 9.59 Å². The van der Waals surface area contributed by atoms with Crippen molar-refractivity contribution in [3.63, 3.8) is 0 Å². The predicted octanol–water partition coefficient (Wildman–Crippen LogP) is 3.95. The third-order valence-electron chi connectivity index (χ3n) is 4.50. The van der Waals surface area contributed by atoms with Crippen molar-refractivity contribution in [1.82, 2.24) is 10.6 Å². The number of thiocarbonyl (C=S) groups is 1. The van der Waals surface area contributed by atoms with Gasteiger partial charge in [0, 0.05) is 11.8 Å². The molecule has 0 bridgehead atoms. The number of esters is 1. The zero-order valence-electron chi connectivity index (χ0n) is 16.6. The summed E-state index contributed by atoms with van der Waals surface area (Å²) in [4.78, 5) is 24.1. The van der Waals surface area contributed by atoms with Gasteiger partial charge in [0.05, 0.1) is 23.2 Å². The number of methoxy groups -OCH3 is 1. The molecule has 7 nitrogen and oxygen atoms in total. The number of rotatable bonds is 6. The summed E-state index contributed by atoms with van der Waals surface area (Å²) in [6, 6.07) is 11.9. The van der Waals surface area contributed by atoms with Gasteiger partial charge in [-0.15, -0.1) is 0 Å². The van der Waals surface area contributed by atoms with E-state index in [-0.39, 0.29) is 17.1 Å². The van der Waals surface area contributed by atoms with Crippen LogP contribution in [0.5, 0.6) is 11.5 Å². The predicted molar refractivity (Wildman–Crippen MR) is 124 cm³/mol. The molecule has 0 saturated heterocycles. The van der Waals surface area contributed by atoms with Crippen LogP contribution in [0.15, 0.2) is 64.3 Å². The average molecular weight is 503 g/mol. The van der Waals surface area contributed by atoms with Crippen molar-refractivity contribution in [2.24, 2.45) is 0 Å². The number of carboxylic acid groups (broad SMARTS) is 1. The SMILES string of the molecule is COc1cc(C2NC(=S)NC(C)=C2C(=O)O)cc(Br)c1OC(=O)/C=C/c1ccccc1. The van der Waals surface area contributed by atoms with Gasteiger partial charge in [0.15, 0.2) is 16.6 Å². The molecule has 0 amide bonds. The fourth-order valence-electron chi connectivity index (χ4n) is 3.10. The molecule has 160 valence electrons. The summed E-state index contributed by atoms with van der Waals surface area (Å²) in [7, 11) is 1.43. The highest BCUT2D eigenvalue weighted by Gasteiger charge is 2.31. The van der Waals surface area contributed by atoms with Crippen molar-refractivity contribution in [2.45, 2.75) is 13.0 Å². The van der Waals surface area contributed by atoms with Crippen LogP contribution in [0.25, 0.3) is 6.08 Å². The van der Waals surface area contributed by atoms with E-state index in [1.807, 2.05) is 30.3 Å². The number of ether oxygens (including phenoxy) is 2. The Morgan fingerprint density at radius 2 is 1.94 bits per heavy atom. The Bertz CT molecular complexity index is 1100. The number of carboxylic acids is 1. The van der Waals surface area contributed by atoms with Crippen LogP contribution >= 0.6 is 28.1 Å². The molecule has 0 radical (unpaired) electrons. The van der Waals surface area contributed by atoms with Crippen molar-refractivity contribution in [3.8, 4) is 11.5 Å². The summed E-state index contributed by atoms with van der Waals surface area (Å²) in [6.45, 7) is 1.64. The number of aliphatic carboxylic acids is 1.